The van der Waals surface area contributed by atoms with Crippen LogP contribution in [0.25, 0.3) is 21.9 Å². The maximum Gasteiger partial charge on any atom is 0.261 e. The molecule has 8 nitrogen and oxygen atoms in total. The van der Waals surface area contributed by atoms with Crippen molar-refractivity contribution in [1.29, 1.82) is 0 Å². The van der Waals surface area contributed by atoms with Gasteiger partial charge in [-0.2, -0.15) is 0 Å². The molecule has 32 heavy (non-hydrogen) atoms. The Morgan fingerprint density at radius 1 is 1.12 bits per heavy atom. The summed E-state index contributed by atoms with van der Waals surface area (Å²) in [6.45, 7) is 7.31. The molecule has 0 atom stereocenters. The first-order chi connectivity index (χ1) is 15.5. The van der Waals surface area contributed by atoms with E-state index in [0.29, 0.717) is 18.0 Å². The van der Waals surface area contributed by atoms with Crippen LogP contribution in [0.1, 0.15) is 13.8 Å². The van der Waals surface area contributed by atoms with Crippen molar-refractivity contribution in [1.82, 2.24) is 24.0 Å². The zero-order valence-electron chi connectivity index (χ0n) is 18.1. The lowest BCUT2D eigenvalue weighted by Crippen LogP contribution is -2.30. The second-order valence-corrected chi connectivity index (χ2v) is 7.49. The highest BCUT2D eigenvalue weighted by molar-refractivity contribution is 5.91. The van der Waals surface area contributed by atoms with Crippen molar-refractivity contribution < 1.29 is 9.18 Å². The minimum absolute atomic E-state index is 0.131. The van der Waals surface area contributed by atoms with Crippen molar-refractivity contribution >= 4 is 33.8 Å². The van der Waals surface area contributed by atoms with E-state index in [-0.39, 0.29) is 11.9 Å². The van der Waals surface area contributed by atoms with Crippen molar-refractivity contribution in [3.05, 3.63) is 65.0 Å². The van der Waals surface area contributed by atoms with Gasteiger partial charge in [0.25, 0.3) is 5.56 Å². The average Bonchev–Trinajstić information content (AvgIpc) is 3.13. The first-order valence-corrected chi connectivity index (χ1v) is 10.6. The number of fused-ring (bicyclic) bond motifs is 2. The molecule has 0 saturated heterocycles. The number of halogens is 1. The number of carbonyl (C=O) groups is 1. The van der Waals surface area contributed by atoms with Gasteiger partial charge in [0, 0.05) is 13.1 Å². The molecule has 0 fully saturated rings. The molecule has 2 heterocycles. The number of rotatable bonds is 8. The number of amides is 1. The van der Waals surface area contributed by atoms with Gasteiger partial charge in [0.05, 0.1) is 28.3 Å². The zero-order valence-corrected chi connectivity index (χ0v) is 18.1. The summed E-state index contributed by atoms with van der Waals surface area (Å²) in [5.41, 5.74) is 1.61. The smallest absolute Gasteiger partial charge is 0.261 e. The van der Waals surface area contributed by atoms with Crippen molar-refractivity contribution in [3.8, 4) is 0 Å². The van der Waals surface area contributed by atoms with Crippen LogP contribution in [0.4, 0.5) is 10.3 Å². The minimum atomic E-state index is -0.527. The van der Waals surface area contributed by atoms with Gasteiger partial charge in [-0.15, -0.1) is 0 Å². The molecule has 2 aromatic carbocycles. The SMILES string of the molecule is CCN(CC)CCn1c(NC(=O)Cn2cnc3ccc(F)cc3c2=O)nc2ccccc21. The second kappa shape index (κ2) is 9.27. The number of aromatic nitrogens is 4. The maximum atomic E-state index is 13.6. The Hall–Kier alpha value is -3.59. The predicted octanol–water partition coefficient (Wildman–Crippen LogP) is 2.87. The van der Waals surface area contributed by atoms with Crippen LogP contribution in [0.15, 0.2) is 53.6 Å². The summed E-state index contributed by atoms with van der Waals surface area (Å²) in [6, 6.07) is 11.5. The van der Waals surface area contributed by atoms with Crippen molar-refractivity contribution in [2.24, 2.45) is 0 Å². The molecule has 9 heteroatoms. The first-order valence-electron chi connectivity index (χ1n) is 10.6. The Morgan fingerprint density at radius 2 is 1.91 bits per heavy atom. The highest BCUT2D eigenvalue weighted by atomic mass is 19.1. The third kappa shape index (κ3) is 4.38. The molecule has 4 rings (SSSR count). The lowest BCUT2D eigenvalue weighted by Gasteiger charge is -2.19. The summed E-state index contributed by atoms with van der Waals surface area (Å²) in [5, 5.41) is 2.96. The van der Waals surface area contributed by atoms with Crippen LogP contribution in [-0.4, -0.2) is 49.5 Å². The van der Waals surface area contributed by atoms with Gasteiger partial charge in [0.1, 0.15) is 12.4 Å². The summed E-state index contributed by atoms with van der Waals surface area (Å²) in [6.07, 6.45) is 1.30. The molecule has 0 aliphatic heterocycles. The van der Waals surface area contributed by atoms with Crippen LogP contribution >= 0.6 is 0 Å². The molecule has 0 saturated carbocycles. The molecule has 4 aromatic rings. The largest absolute Gasteiger partial charge is 0.309 e. The summed E-state index contributed by atoms with van der Waals surface area (Å²) in [7, 11) is 0. The van der Waals surface area contributed by atoms with Crippen LogP contribution in [0.2, 0.25) is 0 Å². The summed E-state index contributed by atoms with van der Waals surface area (Å²) in [4.78, 5) is 36.5. The van der Waals surface area contributed by atoms with Gasteiger partial charge in [-0.3, -0.25) is 19.5 Å². The van der Waals surface area contributed by atoms with E-state index in [1.54, 1.807) is 0 Å². The summed E-state index contributed by atoms with van der Waals surface area (Å²) < 4.78 is 16.7. The average molecular weight is 436 g/mol. The lowest BCUT2D eigenvalue weighted by atomic mass is 10.2. The number of benzene rings is 2. The number of para-hydroxylation sites is 2. The van der Waals surface area contributed by atoms with Gasteiger partial charge in [0.2, 0.25) is 11.9 Å². The predicted molar refractivity (Wildman–Crippen MR) is 122 cm³/mol. The molecule has 0 aliphatic carbocycles. The molecule has 0 radical (unpaired) electrons. The Balaban J connectivity index is 1.58. The number of imidazole rings is 1. The molecule has 0 aliphatic rings. The number of anilines is 1. The van der Waals surface area contributed by atoms with Gasteiger partial charge < -0.3 is 9.47 Å². The summed E-state index contributed by atoms with van der Waals surface area (Å²) >= 11 is 0. The molecule has 0 spiro atoms. The highest BCUT2D eigenvalue weighted by Gasteiger charge is 2.15. The fourth-order valence-corrected chi connectivity index (χ4v) is 3.74. The molecular weight excluding hydrogens is 411 g/mol. The Kier molecular flexibility index (Phi) is 6.27. The van der Waals surface area contributed by atoms with E-state index >= 15 is 0 Å². The van der Waals surface area contributed by atoms with Crippen molar-refractivity contribution in [2.45, 2.75) is 26.9 Å². The van der Waals surface area contributed by atoms with Crippen LogP contribution in [0.5, 0.6) is 0 Å². The molecule has 1 amide bonds. The van der Waals surface area contributed by atoms with Crippen LogP contribution in [0, 0.1) is 5.82 Å². The fourth-order valence-electron chi connectivity index (χ4n) is 3.74. The summed E-state index contributed by atoms with van der Waals surface area (Å²) in [5.74, 6) is -0.513. The van der Waals surface area contributed by atoms with Crippen molar-refractivity contribution in [3.63, 3.8) is 0 Å². The molecule has 0 bridgehead atoms. The number of carbonyl (C=O) groups excluding carboxylic acids is 1. The van der Waals surface area contributed by atoms with Gasteiger partial charge in [-0.05, 0) is 43.4 Å². The number of nitrogens with zero attached hydrogens (tertiary/aromatic N) is 5. The minimum Gasteiger partial charge on any atom is -0.309 e. The van der Waals surface area contributed by atoms with E-state index in [2.05, 4.69) is 34.0 Å². The highest BCUT2D eigenvalue weighted by Crippen LogP contribution is 2.20. The van der Waals surface area contributed by atoms with Gasteiger partial charge in [0.15, 0.2) is 0 Å². The van der Waals surface area contributed by atoms with Crippen LogP contribution in [0.3, 0.4) is 0 Å². The zero-order chi connectivity index (χ0) is 22.7. The number of likely N-dealkylation sites (N-methyl/N-ethyl adjacent to an activating group) is 1. The Labute approximate surface area is 184 Å². The quantitative estimate of drug-likeness (QED) is 0.459. The first kappa shape index (κ1) is 21.6. The van der Waals surface area contributed by atoms with Gasteiger partial charge >= 0.3 is 0 Å². The van der Waals surface area contributed by atoms with Crippen LogP contribution in [-0.2, 0) is 17.9 Å². The molecule has 0 unspecified atom stereocenters. The molecule has 1 N–H and O–H groups in total. The van der Waals surface area contributed by atoms with E-state index < -0.39 is 17.3 Å². The third-order valence-corrected chi connectivity index (χ3v) is 5.54. The van der Waals surface area contributed by atoms with E-state index in [4.69, 9.17) is 0 Å². The van der Waals surface area contributed by atoms with Gasteiger partial charge in [-0.1, -0.05) is 26.0 Å². The Morgan fingerprint density at radius 3 is 2.69 bits per heavy atom. The number of nitrogens with one attached hydrogen (secondary N) is 1. The van der Waals surface area contributed by atoms with Crippen molar-refractivity contribution in [2.75, 3.05) is 25.0 Å². The monoisotopic (exact) mass is 436 g/mol. The normalized spacial score (nSPS) is 11.5. The van der Waals surface area contributed by atoms with E-state index in [9.17, 15) is 14.0 Å². The van der Waals surface area contributed by atoms with E-state index in [1.807, 2.05) is 28.8 Å². The lowest BCUT2D eigenvalue weighted by molar-refractivity contribution is -0.116. The Bertz CT molecular complexity index is 1330. The standard InChI is InChI=1S/C23H25FN6O2/c1-3-28(4-2)11-12-30-20-8-6-5-7-19(20)26-23(30)27-21(31)14-29-15-25-18-10-9-16(24)13-17(18)22(29)32/h5-10,13,15H,3-4,11-12,14H2,1-2H3,(H,26,27,31). The fraction of sp³-hybridized carbons (Fsp3) is 0.304. The van der Waals surface area contributed by atoms with Crippen LogP contribution < -0.4 is 10.9 Å². The van der Waals surface area contributed by atoms with E-state index in [0.717, 1.165) is 36.7 Å². The van der Waals surface area contributed by atoms with E-state index in [1.165, 1.54) is 23.0 Å². The number of hydrogen-bond acceptors (Lipinski definition) is 5. The molecular formula is C23H25FN6O2. The number of hydrogen-bond donors (Lipinski definition) is 1. The third-order valence-electron chi connectivity index (χ3n) is 5.54. The topological polar surface area (TPSA) is 85.0 Å². The second-order valence-electron chi connectivity index (χ2n) is 7.49. The van der Waals surface area contributed by atoms with Gasteiger partial charge in [-0.25, -0.2) is 14.4 Å². The maximum absolute atomic E-state index is 13.6. The molecule has 2 aromatic heterocycles. The molecule has 166 valence electrons.